The summed E-state index contributed by atoms with van der Waals surface area (Å²) in [5.74, 6) is -0.186. The Bertz CT molecular complexity index is 769. The van der Waals surface area contributed by atoms with Gasteiger partial charge in [-0.2, -0.15) is 15.8 Å². The van der Waals surface area contributed by atoms with Gasteiger partial charge in [0, 0.05) is 11.1 Å². The predicted molar refractivity (Wildman–Crippen MR) is 87.0 cm³/mol. The number of allylic oxidation sites excluding steroid dienone is 2. The third-order valence-electron chi connectivity index (χ3n) is 2.75. The minimum atomic E-state index is -0.564. The van der Waals surface area contributed by atoms with Crippen molar-refractivity contribution in [1.82, 2.24) is 0 Å². The van der Waals surface area contributed by atoms with Gasteiger partial charge in [0.2, 0.25) is 5.91 Å². The smallest absolute Gasteiger partial charge is 0.229 e. The lowest BCUT2D eigenvalue weighted by Crippen LogP contribution is -2.27. The Kier molecular flexibility index (Phi) is 5.74. The zero-order valence-electron chi connectivity index (χ0n) is 12.9. The van der Waals surface area contributed by atoms with Crippen molar-refractivity contribution >= 4 is 28.9 Å². The van der Waals surface area contributed by atoms with E-state index in [1.54, 1.807) is 51.1 Å². The standard InChI is InChI=1S/C16H14ClN5O/c1-16(2,3)15(23)22-13-5-4-11(6-12(13)17)21-14(9-20)10(7-18)8-19/h4-6,21H,1-3H3,(H,22,23). The van der Waals surface area contributed by atoms with Crippen LogP contribution in [0.4, 0.5) is 11.4 Å². The number of anilines is 2. The molecule has 0 aliphatic rings. The highest BCUT2D eigenvalue weighted by molar-refractivity contribution is 6.34. The van der Waals surface area contributed by atoms with Gasteiger partial charge in [-0.05, 0) is 18.2 Å². The average Bonchev–Trinajstić information content (AvgIpc) is 2.48. The van der Waals surface area contributed by atoms with E-state index in [2.05, 4.69) is 10.6 Å². The summed E-state index contributed by atoms with van der Waals surface area (Å²) in [5.41, 5.74) is -0.208. The first-order chi connectivity index (χ1) is 10.7. The third kappa shape index (κ3) is 4.74. The molecule has 0 saturated heterocycles. The second kappa shape index (κ2) is 7.31. The molecule has 2 N–H and O–H groups in total. The monoisotopic (exact) mass is 327 g/mol. The molecule has 1 aromatic rings. The van der Waals surface area contributed by atoms with E-state index in [0.717, 1.165) is 0 Å². The predicted octanol–water partition coefficient (Wildman–Crippen LogP) is 3.56. The van der Waals surface area contributed by atoms with Crippen LogP contribution >= 0.6 is 11.6 Å². The number of nitrogens with zero attached hydrogens (tertiary/aromatic N) is 3. The van der Waals surface area contributed by atoms with Gasteiger partial charge in [0.05, 0.1) is 10.7 Å². The maximum absolute atomic E-state index is 12.0. The Labute approximate surface area is 139 Å². The van der Waals surface area contributed by atoms with Gasteiger partial charge in [-0.1, -0.05) is 32.4 Å². The van der Waals surface area contributed by atoms with Crippen molar-refractivity contribution < 1.29 is 4.79 Å². The molecule has 23 heavy (non-hydrogen) atoms. The van der Waals surface area contributed by atoms with Crippen molar-refractivity contribution in [2.75, 3.05) is 10.6 Å². The second-order valence-corrected chi connectivity index (χ2v) is 6.02. The van der Waals surface area contributed by atoms with E-state index in [4.69, 9.17) is 27.4 Å². The number of amides is 1. The summed E-state index contributed by atoms with van der Waals surface area (Å²) < 4.78 is 0. The van der Waals surface area contributed by atoms with Gasteiger partial charge >= 0.3 is 0 Å². The molecule has 0 aromatic heterocycles. The molecule has 1 aromatic carbocycles. The topological polar surface area (TPSA) is 112 Å². The molecule has 0 saturated carbocycles. The number of nitriles is 3. The number of carbonyl (C=O) groups is 1. The van der Waals surface area contributed by atoms with Gasteiger partial charge in [0.25, 0.3) is 0 Å². The van der Waals surface area contributed by atoms with Crippen LogP contribution in [0.1, 0.15) is 20.8 Å². The molecule has 1 rings (SSSR count). The third-order valence-corrected chi connectivity index (χ3v) is 3.07. The van der Waals surface area contributed by atoms with Gasteiger partial charge in [-0.3, -0.25) is 4.79 Å². The molecule has 0 heterocycles. The first kappa shape index (κ1) is 18.0. The van der Waals surface area contributed by atoms with Crippen LogP contribution in [0.3, 0.4) is 0 Å². The molecule has 7 heteroatoms. The normalized spacial score (nSPS) is 9.78. The molecule has 0 unspecified atom stereocenters. The molecule has 6 nitrogen and oxygen atoms in total. The van der Waals surface area contributed by atoms with Gasteiger partial charge in [0.15, 0.2) is 5.57 Å². The molecule has 0 bridgehead atoms. The number of rotatable bonds is 3. The number of benzene rings is 1. The SMILES string of the molecule is CC(C)(C)C(=O)Nc1ccc(NC(C#N)=C(C#N)C#N)cc1Cl. The zero-order chi connectivity index (χ0) is 17.6. The number of carbonyl (C=O) groups excluding carboxylic acids is 1. The van der Waals surface area contributed by atoms with E-state index in [1.165, 1.54) is 6.07 Å². The average molecular weight is 328 g/mol. The number of hydrogen-bond donors (Lipinski definition) is 2. The van der Waals surface area contributed by atoms with Crippen molar-refractivity contribution in [1.29, 1.82) is 15.8 Å². The molecule has 0 atom stereocenters. The van der Waals surface area contributed by atoms with E-state index in [9.17, 15) is 4.79 Å². The summed E-state index contributed by atoms with van der Waals surface area (Å²) in [6, 6.07) is 9.66. The lowest BCUT2D eigenvalue weighted by molar-refractivity contribution is -0.123. The summed E-state index contributed by atoms with van der Waals surface area (Å²) >= 11 is 6.11. The van der Waals surface area contributed by atoms with E-state index < -0.39 is 5.41 Å². The van der Waals surface area contributed by atoms with Crippen molar-refractivity contribution in [2.24, 2.45) is 5.41 Å². The molecule has 0 fully saturated rings. The largest absolute Gasteiger partial charge is 0.345 e. The van der Waals surface area contributed by atoms with Crippen molar-refractivity contribution in [2.45, 2.75) is 20.8 Å². The van der Waals surface area contributed by atoms with Crippen LogP contribution in [0.25, 0.3) is 0 Å². The van der Waals surface area contributed by atoms with Gasteiger partial charge in [-0.25, -0.2) is 0 Å². The van der Waals surface area contributed by atoms with E-state index in [-0.39, 0.29) is 22.2 Å². The molecule has 0 aliphatic carbocycles. The number of nitrogens with one attached hydrogen (secondary N) is 2. The number of halogens is 1. The molecular formula is C16H14ClN5O. The lowest BCUT2D eigenvalue weighted by Gasteiger charge is -2.18. The molecule has 116 valence electrons. The van der Waals surface area contributed by atoms with E-state index >= 15 is 0 Å². The Hall–Kier alpha value is -3.01. The van der Waals surface area contributed by atoms with E-state index in [1.807, 2.05) is 0 Å². The Morgan fingerprint density at radius 3 is 2.13 bits per heavy atom. The van der Waals surface area contributed by atoms with Crippen molar-refractivity contribution in [3.63, 3.8) is 0 Å². The zero-order valence-corrected chi connectivity index (χ0v) is 13.6. The van der Waals surface area contributed by atoms with Crippen LogP contribution in [0, 0.1) is 39.4 Å². The number of hydrogen-bond acceptors (Lipinski definition) is 5. The van der Waals surface area contributed by atoms with Gasteiger partial charge in [-0.15, -0.1) is 0 Å². The fraction of sp³-hybridized carbons (Fsp3) is 0.250. The van der Waals surface area contributed by atoms with Crippen LogP contribution in [0.2, 0.25) is 5.02 Å². The Balaban J connectivity index is 3.05. The van der Waals surface area contributed by atoms with Crippen LogP contribution in [0.15, 0.2) is 29.5 Å². The lowest BCUT2D eigenvalue weighted by atomic mass is 9.95. The first-order valence-electron chi connectivity index (χ1n) is 6.55. The highest BCUT2D eigenvalue weighted by Crippen LogP contribution is 2.28. The van der Waals surface area contributed by atoms with Crippen molar-refractivity contribution in [3.8, 4) is 18.2 Å². The first-order valence-corrected chi connectivity index (χ1v) is 6.93. The molecule has 0 radical (unpaired) electrons. The van der Waals surface area contributed by atoms with Crippen LogP contribution in [-0.4, -0.2) is 5.91 Å². The minimum Gasteiger partial charge on any atom is -0.345 e. The minimum absolute atomic E-state index is 0.169. The van der Waals surface area contributed by atoms with E-state index in [0.29, 0.717) is 11.4 Å². The summed E-state index contributed by atoms with van der Waals surface area (Å²) in [7, 11) is 0. The molecule has 1 amide bonds. The Morgan fingerprint density at radius 1 is 1.09 bits per heavy atom. The van der Waals surface area contributed by atoms with Crippen LogP contribution in [-0.2, 0) is 4.79 Å². The summed E-state index contributed by atoms with van der Waals surface area (Å²) in [5, 5.41) is 32.2. The highest BCUT2D eigenvalue weighted by Gasteiger charge is 2.22. The fourth-order valence-corrected chi connectivity index (χ4v) is 1.66. The summed E-state index contributed by atoms with van der Waals surface area (Å²) in [4.78, 5) is 12.0. The second-order valence-electron chi connectivity index (χ2n) is 5.61. The van der Waals surface area contributed by atoms with Crippen molar-refractivity contribution in [3.05, 3.63) is 34.5 Å². The Morgan fingerprint density at radius 2 is 1.70 bits per heavy atom. The maximum Gasteiger partial charge on any atom is 0.229 e. The van der Waals surface area contributed by atoms with Crippen LogP contribution < -0.4 is 10.6 Å². The molecule has 0 aliphatic heterocycles. The van der Waals surface area contributed by atoms with Gasteiger partial charge < -0.3 is 10.6 Å². The quantitative estimate of drug-likeness (QED) is 0.824. The fourth-order valence-electron chi connectivity index (χ4n) is 1.43. The summed E-state index contributed by atoms with van der Waals surface area (Å²) in [6.45, 7) is 5.34. The van der Waals surface area contributed by atoms with Crippen LogP contribution in [0.5, 0.6) is 0 Å². The molecule has 0 spiro atoms. The maximum atomic E-state index is 12.0. The summed E-state index contributed by atoms with van der Waals surface area (Å²) in [6.07, 6.45) is 0. The molecular weight excluding hydrogens is 314 g/mol. The van der Waals surface area contributed by atoms with Gasteiger partial charge in [0.1, 0.15) is 23.9 Å². The highest BCUT2D eigenvalue weighted by atomic mass is 35.5.